The molecule has 0 fully saturated rings. The number of aromatic nitrogens is 4. The maximum Gasteiger partial charge on any atom is 0.216 e. The van der Waals surface area contributed by atoms with Crippen LogP contribution in [0.2, 0.25) is 0 Å². The summed E-state index contributed by atoms with van der Waals surface area (Å²) in [5.74, 6) is 0.977. The molecule has 0 aliphatic rings. The Morgan fingerprint density at radius 1 is 1.30 bits per heavy atom. The van der Waals surface area contributed by atoms with Crippen molar-refractivity contribution < 1.29 is 9.13 Å². The van der Waals surface area contributed by atoms with Crippen molar-refractivity contribution >= 4 is 16.7 Å². The summed E-state index contributed by atoms with van der Waals surface area (Å²) in [7, 11) is 3.46. The molecule has 0 aliphatic carbocycles. The molecule has 2 heterocycles. The average Bonchev–Trinajstić information content (AvgIpc) is 2.87. The van der Waals surface area contributed by atoms with Gasteiger partial charge in [0.2, 0.25) is 5.88 Å². The SMILES string of the molecule is CCc1nn(C)c(OC)c1CNc1ncnc2ccc(F)cc12. The lowest BCUT2D eigenvalue weighted by Crippen LogP contribution is -2.05. The molecule has 1 aromatic carbocycles. The van der Waals surface area contributed by atoms with Crippen molar-refractivity contribution in [3.05, 3.63) is 41.6 Å². The van der Waals surface area contributed by atoms with Crippen molar-refractivity contribution in [3.63, 3.8) is 0 Å². The van der Waals surface area contributed by atoms with Crippen LogP contribution in [0.4, 0.5) is 10.2 Å². The fourth-order valence-corrected chi connectivity index (χ4v) is 2.66. The first kappa shape index (κ1) is 15.2. The molecule has 0 amide bonds. The number of methoxy groups -OCH3 is 1. The minimum Gasteiger partial charge on any atom is -0.481 e. The number of nitrogens with one attached hydrogen (secondary N) is 1. The zero-order valence-electron chi connectivity index (χ0n) is 13.3. The lowest BCUT2D eigenvalue weighted by molar-refractivity contribution is 0.369. The van der Waals surface area contributed by atoms with E-state index in [0.717, 1.165) is 17.7 Å². The molecule has 0 atom stereocenters. The van der Waals surface area contributed by atoms with Gasteiger partial charge in [-0.2, -0.15) is 5.10 Å². The van der Waals surface area contributed by atoms with Crippen molar-refractivity contribution in [1.29, 1.82) is 0 Å². The quantitative estimate of drug-likeness (QED) is 0.784. The Kier molecular flexibility index (Phi) is 4.10. The molecule has 120 valence electrons. The Hall–Kier alpha value is -2.70. The molecule has 0 saturated heterocycles. The van der Waals surface area contributed by atoms with Gasteiger partial charge in [0.15, 0.2) is 0 Å². The summed E-state index contributed by atoms with van der Waals surface area (Å²) < 4.78 is 20.6. The smallest absolute Gasteiger partial charge is 0.216 e. The lowest BCUT2D eigenvalue weighted by atomic mass is 10.2. The molecule has 3 rings (SSSR count). The van der Waals surface area contributed by atoms with Crippen LogP contribution in [-0.4, -0.2) is 26.9 Å². The monoisotopic (exact) mass is 315 g/mol. The van der Waals surface area contributed by atoms with E-state index in [1.165, 1.54) is 18.5 Å². The van der Waals surface area contributed by atoms with Crippen molar-refractivity contribution in [2.75, 3.05) is 12.4 Å². The van der Waals surface area contributed by atoms with Gasteiger partial charge in [-0.1, -0.05) is 6.92 Å². The molecule has 2 aromatic heterocycles. The number of fused-ring (bicyclic) bond motifs is 1. The van der Waals surface area contributed by atoms with E-state index < -0.39 is 0 Å². The molecular formula is C16H18FN5O. The standard InChI is InChI=1S/C16H18FN5O/c1-4-13-12(16(23-3)22(2)21-13)8-18-15-11-7-10(17)5-6-14(11)19-9-20-15/h5-7,9H,4,8H2,1-3H3,(H,18,19,20). The maximum absolute atomic E-state index is 13.5. The molecule has 7 heteroatoms. The second-order valence-corrected chi connectivity index (χ2v) is 5.15. The van der Waals surface area contributed by atoms with Gasteiger partial charge in [-0.05, 0) is 24.6 Å². The highest BCUT2D eigenvalue weighted by Crippen LogP contribution is 2.25. The minimum atomic E-state index is -0.316. The lowest BCUT2D eigenvalue weighted by Gasteiger charge is -2.10. The van der Waals surface area contributed by atoms with Crippen molar-refractivity contribution in [1.82, 2.24) is 19.7 Å². The third-order valence-corrected chi connectivity index (χ3v) is 3.73. The second-order valence-electron chi connectivity index (χ2n) is 5.15. The van der Waals surface area contributed by atoms with E-state index in [0.29, 0.717) is 29.1 Å². The third-order valence-electron chi connectivity index (χ3n) is 3.73. The van der Waals surface area contributed by atoms with Crippen LogP contribution in [0.3, 0.4) is 0 Å². The predicted molar refractivity (Wildman–Crippen MR) is 86.0 cm³/mol. The van der Waals surface area contributed by atoms with Gasteiger partial charge in [0, 0.05) is 19.0 Å². The van der Waals surface area contributed by atoms with Crippen LogP contribution in [0.15, 0.2) is 24.5 Å². The maximum atomic E-state index is 13.5. The molecular weight excluding hydrogens is 297 g/mol. The number of hydrogen-bond donors (Lipinski definition) is 1. The first-order valence-corrected chi connectivity index (χ1v) is 7.37. The topological polar surface area (TPSA) is 64.9 Å². The largest absolute Gasteiger partial charge is 0.481 e. The number of ether oxygens (including phenoxy) is 1. The molecule has 0 bridgehead atoms. The Balaban J connectivity index is 1.94. The van der Waals surface area contributed by atoms with Crippen LogP contribution in [0, 0.1) is 5.82 Å². The molecule has 1 N–H and O–H groups in total. The molecule has 0 spiro atoms. The number of benzene rings is 1. The van der Waals surface area contributed by atoms with E-state index in [4.69, 9.17) is 4.74 Å². The fraction of sp³-hybridized carbons (Fsp3) is 0.312. The minimum absolute atomic E-state index is 0.316. The van der Waals surface area contributed by atoms with Crippen LogP contribution >= 0.6 is 0 Å². The van der Waals surface area contributed by atoms with Crippen molar-refractivity contribution in [2.45, 2.75) is 19.9 Å². The second kappa shape index (κ2) is 6.20. The van der Waals surface area contributed by atoms with Gasteiger partial charge in [0.05, 0.1) is 23.9 Å². The summed E-state index contributed by atoms with van der Waals surface area (Å²) in [5, 5.41) is 8.34. The zero-order valence-corrected chi connectivity index (χ0v) is 13.3. The summed E-state index contributed by atoms with van der Waals surface area (Å²) in [5.41, 5.74) is 2.62. The number of rotatable bonds is 5. The Labute approximate surface area is 133 Å². The van der Waals surface area contributed by atoms with Crippen LogP contribution in [0.25, 0.3) is 10.9 Å². The van der Waals surface area contributed by atoms with Crippen molar-refractivity contribution in [2.24, 2.45) is 7.05 Å². The average molecular weight is 315 g/mol. The van der Waals surface area contributed by atoms with E-state index in [9.17, 15) is 4.39 Å². The highest BCUT2D eigenvalue weighted by atomic mass is 19.1. The number of aryl methyl sites for hydroxylation is 2. The van der Waals surface area contributed by atoms with Crippen LogP contribution in [-0.2, 0) is 20.0 Å². The summed E-state index contributed by atoms with van der Waals surface area (Å²) in [6, 6.07) is 4.46. The molecule has 6 nitrogen and oxygen atoms in total. The number of halogens is 1. The normalized spacial score (nSPS) is 11.0. The Morgan fingerprint density at radius 3 is 2.87 bits per heavy atom. The molecule has 0 saturated carbocycles. The van der Waals surface area contributed by atoms with Crippen LogP contribution < -0.4 is 10.1 Å². The summed E-state index contributed by atoms with van der Waals surface area (Å²) in [4.78, 5) is 8.37. The van der Waals surface area contributed by atoms with E-state index in [1.807, 2.05) is 14.0 Å². The molecule has 23 heavy (non-hydrogen) atoms. The fourth-order valence-electron chi connectivity index (χ4n) is 2.66. The zero-order chi connectivity index (χ0) is 16.4. The van der Waals surface area contributed by atoms with E-state index >= 15 is 0 Å². The van der Waals surface area contributed by atoms with Crippen LogP contribution in [0.5, 0.6) is 5.88 Å². The van der Waals surface area contributed by atoms with Crippen LogP contribution in [0.1, 0.15) is 18.2 Å². The predicted octanol–water partition coefficient (Wildman–Crippen LogP) is 2.69. The first-order valence-electron chi connectivity index (χ1n) is 7.37. The van der Waals surface area contributed by atoms with E-state index in [1.54, 1.807) is 17.9 Å². The Bertz CT molecular complexity index is 846. The summed E-state index contributed by atoms with van der Waals surface area (Å²) in [6.45, 7) is 2.53. The van der Waals surface area contributed by atoms with E-state index in [2.05, 4.69) is 20.4 Å². The highest BCUT2D eigenvalue weighted by molar-refractivity contribution is 5.88. The highest BCUT2D eigenvalue weighted by Gasteiger charge is 2.16. The first-order chi connectivity index (χ1) is 11.1. The van der Waals surface area contributed by atoms with Gasteiger partial charge in [-0.15, -0.1) is 0 Å². The third kappa shape index (κ3) is 2.81. The molecule has 0 unspecified atom stereocenters. The Morgan fingerprint density at radius 2 is 2.13 bits per heavy atom. The summed E-state index contributed by atoms with van der Waals surface area (Å²) >= 11 is 0. The van der Waals surface area contributed by atoms with Gasteiger partial charge in [0.25, 0.3) is 0 Å². The number of nitrogens with zero attached hydrogens (tertiary/aromatic N) is 4. The van der Waals surface area contributed by atoms with Gasteiger partial charge < -0.3 is 10.1 Å². The van der Waals surface area contributed by atoms with Gasteiger partial charge in [-0.3, -0.25) is 0 Å². The molecule has 3 aromatic rings. The van der Waals surface area contributed by atoms with Gasteiger partial charge in [0.1, 0.15) is 18.0 Å². The molecule has 0 radical (unpaired) electrons. The van der Waals surface area contributed by atoms with Gasteiger partial charge in [-0.25, -0.2) is 19.0 Å². The summed E-state index contributed by atoms with van der Waals surface area (Å²) in [6.07, 6.45) is 2.26. The van der Waals surface area contributed by atoms with Gasteiger partial charge >= 0.3 is 0 Å². The number of hydrogen-bond acceptors (Lipinski definition) is 5. The van der Waals surface area contributed by atoms with E-state index in [-0.39, 0.29) is 5.82 Å². The molecule has 0 aliphatic heterocycles. The number of anilines is 1. The van der Waals surface area contributed by atoms with Crippen molar-refractivity contribution in [3.8, 4) is 5.88 Å².